The number of thioether (sulfide) groups is 1. The third-order valence-electron chi connectivity index (χ3n) is 3.30. The van der Waals surface area contributed by atoms with Crippen LogP contribution < -0.4 is 0 Å². The molecule has 0 radical (unpaired) electrons. The van der Waals surface area contributed by atoms with Crippen LogP contribution >= 0.6 is 47.2 Å². The summed E-state index contributed by atoms with van der Waals surface area (Å²) in [5.74, 6) is -3.07. The van der Waals surface area contributed by atoms with Gasteiger partial charge in [0.1, 0.15) is 10.4 Å². The third-order valence-corrected chi connectivity index (χ3v) is 5.19. The Labute approximate surface area is 162 Å². The van der Waals surface area contributed by atoms with Crippen molar-refractivity contribution in [2.24, 2.45) is 0 Å². The number of hydrogen-bond acceptors (Lipinski definition) is 5. The summed E-state index contributed by atoms with van der Waals surface area (Å²) in [5, 5.41) is 18.8. The number of nitrogens with zero attached hydrogens (tertiary/aromatic N) is 1. The van der Waals surface area contributed by atoms with Crippen molar-refractivity contribution in [2.75, 3.05) is 0 Å². The van der Waals surface area contributed by atoms with Crippen molar-refractivity contribution in [3.8, 4) is 0 Å². The Bertz CT molecular complexity index is 796. The van der Waals surface area contributed by atoms with Crippen LogP contribution in [0.25, 0.3) is 6.08 Å². The summed E-state index contributed by atoms with van der Waals surface area (Å²) in [7, 11) is 0. The predicted octanol–water partition coefficient (Wildman–Crippen LogP) is 3.51. The lowest BCUT2D eigenvalue weighted by atomic mass is 10.1. The average molecular weight is 420 g/mol. The molecular weight excluding hydrogens is 409 g/mol. The van der Waals surface area contributed by atoms with Crippen LogP contribution in [-0.2, 0) is 14.4 Å². The Balaban J connectivity index is 2.30. The van der Waals surface area contributed by atoms with Crippen LogP contribution in [0.1, 0.15) is 18.4 Å². The first-order valence-electron chi connectivity index (χ1n) is 6.87. The molecule has 1 amide bonds. The maximum absolute atomic E-state index is 12.6. The summed E-state index contributed by atoms with van der Waals surface area (Å²) in [6.07, 6.45) is 0.857. The van der Waals surface area contributed by atoms with Crippen molar-refractivity contribution in [3.05, 3.63) is 38.7 Å². The zero-order valence-corrected chi connectivity index (χ0v) is 15.6. The van der Waals surface area contributed by atoms with E-state index in [9.17, 15) is 19.5 Å². The maximum atomic E-state index is 12.6. The Morgan fingerprint density at radius 2 is 2.00 bits per heavy atom. The molecule has 6 nitrogen and oxygen atoms in total. The minimum atomic E-state index is -1.34. The molecule has 0 spiro atoms. The zero-order valence-electron chi connectivity index (χ0n) is 12.4. The predicted molar refractivity (Wildman–Crippen MR) is 99.8 cm³/mol. The molecule has 1 aromatic rings. The molecule has 1 aromatic carbocycles. The average Bonchev–Trinajstić information content (AvgIpc) is 2.77. The van der Waals surface area contributed by atoms with E-state index in [-0.39, 0.29) is 15.6 Å². The smallest absolute Gasteiger partial charge is 0.326 e. The Morgan fingerprint density at radius 3 is 2.56 bits per heavy atom. The number of amides is 1. The molecule has 1 atom stereocenters. The lowest BCUT2D eigenvalue weighted by Crippen LogP contribution is -2.44. The van der Waals surface area contributed by atoms with Crippen LogP contribution in [0.4, 0.5) is 0 Å². The molecule has 2 N–H and O–H groups in total. The summed E-state index contributed by atoms with van der Waals surface area (Å²) in [4.78, 5) is 35.8. The van der Waals surface area contributed by atoms with Gasteiger partial charge in [0.05, 0.1) is 4.91 Å². The molecule has 132 valence electrons. The number of benzene rings is 1. The van der Waals surface area contributed by atoms with E-state index >= 15 is 0 Å². The summed E-state index contributed by atoms with van der Waals surface area (Å²) in [5.41, 5.74) is 0.531. The summed E-state index contributed by atoms with van der Waals surface area (Å²) >= 11 is 17.9. The van der Waals surface area contributed by atoms with Crippen molar-refractivity contribution in [3.63, 3.8) is 0 Å². The van der Waals surface area contributed by atoms with Crippen LogP contribution in [0, 0.1) is 0 Å². The molecule has 0 saturated carbocycles. The van der Waals surface area contributed by atoms with E-state index in [1.165, 1.54) is 12.1 Å². The fraction of sp³-hybridized carbons (Fsp3) is 0.200. The van der Waals surface area contributed by atoms with Crippen LogP contribution in [-0.4, -0.2) is 43.3 Å². The van der Waals surface area contributed by atoms with Gasteiger partial charge >= 0.3 is 11.9 Å². The molecule has 10 heteroatoms. The number of thiocarbonyl (C=S) groups is 1. The third kappa shape index (κ3) is 4.72. The quantitative estimate of drug-likeness (QED) is 0.537. The van der Waals surface area contributed by atoms with Crippen molar-refractivity contribution in [1.82, 2.24) is 4.90 Å². The molecule has 1 unspecified atom stereocenters. The number of carbonyl (C=O) groups is 3. The number of aliphatic carboxylic acids is 2. The molecule has 2 rings (SSSR count). The molecule has 1 heterocycles. The Hall–Kier alpha value is -1.61. The van der Waals surface area contributed by atoms with Crippen LogP contribution in [0.15, 0.2) is 23.1 Å². The van der Waals surface area contributed by atoms with Gasteiger partial charge in [0.2, 0.25) is 0 Å². The molecule has 0 bridgehead atoms. The normalized spacial score (nSPS) is 17.2. The van der Waals surface area contributed by atoms with E-state index in [1.807, 2.05) is 0 Å². The first kappa shape index (κ1) is 19.7. The van der Waals surface area contributed by atoms with Gasteiger partial charge in [-0.2, -0.15) is 0 Å². The Morgan fingerprint density at radius 1 is 1.32 bits per heavy atom. The van der Waals surface area contributed by atoms with Crippen molar-refractivity contribution in [2.45, 2.75) is 18.9 Å². The summed E-state index contributed by atoms with van der Waals surface area (Å²) in [6, 6.07) is 3.40. The lowest BCUT2D eigenvalue weighted by Gasteiger charge is -2.22. The molecule has 0 aliphatic carbocycles. The molecular formula is C15H11Cl2NO5S2. The van der Waals surface area contributed by atoms with Crippen molar-refractivity contribution >= 4 is 75.4 Å². The maximum Gasteiger partial charge on any atom is 0.326 e. The highest BCUT2D eigenvalue weighted by Gasteiger charge is 2.40. The van der Waals surface area contributed by atoms with Gasteiger partial charge in [0.25, 0.3) is 5.91 Å². The van der Waals surface area contributed by atoms with Gasteiger partial charge in [0.15, 0.2) is 0 Å². The number of halogens is 2. The largest absolute Gasteiger partial charge is 0.481 e. The van der Waals surface area contributed by atoms with E-state index in [4.69, 9.17) is 40.5 Å². The number of carboxylic acids is 2. The van der Waals surface area contributed by atoms with Gasteiger partial charge < -0.3 is 10.2 Å². The van der Waals surface area contributed by atoms with E-state index < -0.39 is 30.3 Å². The highest BCUT2D eigenvalue weighted by atomic mass is 35.5. The zero-order chi connectivity index (χ0) is 18.7. The van der Waals surface area contributed by atoms with Crippen molar-refractivity contribution < 1.29 is 24.6 Å². The van der Waals surface area contributed by atoms with E-state index in [0.29, 0.717) is 15.6 Å². The van der Waals surface area contributed by atoms with Gasteiger partial charge in [-0.05, 0) is 30.2 Å². The van der Waals surface area contributed by atoms with E-state index in [0.717, 1.165) is 16.7 Å². The first-order valence-corrected chi connectivity index (χ1v) is 8.85. The SMILES string of the molecule is O=C(O)CCC(C(=O)O)N1C(=O)/C(=C/c2ccc(Cl)cc2Cl)SC1=S. The Kier molecular flexibility index (Phi) is 6.45. The molecule has 1 saturated heterocycles. The van der Waals surface area contributed by atoms with Crippen LogP contribution in [0.2, 0.25) is 10.0 Å². The van der Waals surface area contributed by atoms with Crippen molar-refractivity contribution in [1.29, 1.82) is 0 Å². The summed E-state index contributed by atoms with van der Waals surface area (Å²) in [6.45, 7) is 0. The van der Waals surface area contributed by atoms with Gasteiger partial charge in [-0.1, -0.05) is 53.2 Å². The monoisotopic (exact) mass is 419 g/mol. The minimum Gasteiger partial charge on any atom is -0.481 e. The number of hydrogen-bond donors (Lipinski definition) is 2. The second-order valence-electron chi connectivity index (χ2n) is 5.00. The molecule has 1 aliphatic rings. The van der Waals surface area contributed by atoms with Crippen LogP contribution in [0.3, 0.4) is 0 Å². The van der Waals surface area contributed by atoms with Gasteiger partial charge in [0, 0.05) is 16.5 Å². The van der Waals surface area contributed by atoms with E-state index in [2.05, 4.69) is 0 Å². The first-order chi connectivity index (χ1) is 11.7. The standard InChI is InChI=1S/C15H11Cl2NO5S2/c16-8-2-1-7(9(17)6-8)5-11-13(21)18(15(24)25-11)10(14(22)23)3-4-12(19)20/h1-2,5-6,10H,3-4H2,(H,19,20)(H,22,23)/b11-5-. The number of carbonyl (C=O) groups excluding carboxylic acids is 1. The molecule has 25 heavy (non-hydrogen) atoms. The fourth-order valence-electron chi connectivity index (χ4n) is 2.13. The molecule has 1 aliphatic heterocycles. The summed E-state index contributed by atoms with van der Waals surface area (Å²) < 4.78 is 0.0547. The highest BCUT2D eigenvalue weighted by Crippen LogP contribution is 2.36. The van der Waals surface area contributed by atoms with Gasteiger partial charge in [-0.3, -0.25) is 14.5 Å². The number of rotatable bonds is 6. The van der Waals surface area contributed by atoms with Crippen LogP contribution in [0.5, 0.6) is 0 Å². The second-order valence-corrected chi connectivity index (χ2v) is 7.52. The second kappa shape index (κ2) is 8.18. The number of carboxylic acid groups (broad SMARTS) is 2. The molecule has 1 fully saturated rings. The van der Waals surface area contributed by atoms with Gasteiger partial charge in [-0.25, -0.2) is 4.79 Å². The fourth-order valence-corrected chi connectivity index (χ4v) is 3.94. The van der Waals surface area contributed by atoms with E-state index in [1.54, 1.807) is 12.1 Å². The molecule has 0 aromatic heterocycles. The highest BCUT2D eigenvalue weighted by molar-refractivity contribution is 8.26. The minimum absolute atomic E-state index is 0.0547. The topological polar surface area (TPSA) is 94.9 Å². The van der Waals surface area contributed by atoms with Gasteiger partial charge in [-0.15, -0.1) is 0 Å². The lowest BCUT2D eigenvalue weighted by molar-refractivity contribution is -0.146.